The fraction of sp³-hybridized carbons (Fsp3) is 0.429. The first-order chi connectivity index (χ1) is 9.20. The Balaban J connectivity index is 1.88. The number of nitrogen functional groups attached to an aromatic ring is 1. The lowest BCUT2D eigenvalue weighted by Gasteiger charge is -2.29. The molecular formula is C14H17N3O2. The molecule has 1 aromatic carbocycles. The van der Waals surface area contributed by atoms with Gasteiger partial charge in [-0.15, -0.1) is 0 Å². The summed E-state index contributed by atoms with van der Waals surface area (Å²) in [5, 5.41) is 8.81. The summed E-state index contributed by atoms with van der Waals surface area (Å²) in [7, 11) is 0. The SMILES string of the molecule is N#CC1CN(C(=O)CCc2ccccc2N)CCO1. The lowest BCUT2D eigenvalue weighted by atomic mass is 10.1. The van der Waals surface area contributed by atoms with Gasteiger partial charge in [0.05, 0.1) is 19.2 Å². The van der Waals surface area contributed by atoms with Gasteiger partial charge in [-0.05, 0) is 18.1 Å². The van der Waals surface area contributed by atoms with Crippen molar-refractivity contribution in [3.8, 4) is 6.07 Å². The van der Waals surface area contributed by atoms with Crippen molar-refractivity contribution in [3.63, 3.8) is 0 Å². The Morgan fingerprint density at radius 3 is 3.05 bits per heavy atom. The molecule has 100 valence electrons. The van der Waals surface area contributed by atoms with Crippen LogP contribution in [0.5, 0.6) is 0 Å². The molecule has 2 rings (SSSR count). The Kier molecular flexibility index (Phi) is 4.37. The van der Waals surface area contributed by atoms with Crippen LogP contribution >= 0.6 is 0 Å². The predicted molar refractivity (Wildman–Crippen MR) is 71.1 cm³/mol. The predicted octanol–water partition coefficient (Wildman–Crippen LogP) is 0.952. The first-order valence-corrected chi connectivity index (χ1v) is 6.33. The van der Waals surface area contributed by atoms with E-state index in [1.165, 1.54) is 0 Å². The molecule has 1 aliphatic heterocycles. The van der Waals surface area contributed by atoms with Crippen LogP contribution < -0.4 is 5.73 Å². The smallest absolute Gasteiger partial charge is 0.223 e. The lowest BCUT2D eigenvalue weighted by Crippen LogP contribution is -2.45. The zero-order valence-electron chi connectivity index (χ0n) is 10.7. The Morgan fingerprint density at radius 1 is 1.53 bits per heavy atom. The minimum atomic E-state index is -0.500. The number of nitrogens with zero attached hydrogens (tertiary/aromatic N) is 2. The van der Waals surface area contributed by atoms with Crippen LogP contribution in [-0.2, 0) is 16.0 Å². The van der Waals surface area contributed by atoms with Crippen LogP contribution in [0.3, 0.4) is 0 Å². The third kappa shape index (κ3) is 3.46. The molecule has 1 aliphatic rings. The molecule has 19 heavy (non-hydrogen) atoms. The number of para-hydroxylation sites is 1. The third-order valence-corrected chi connectivity index (χ3v) is 3.23. The average molecular weight is 259 g/mol. The Bertz CT molecular complexity index is 496. The van der Waals surface area contributed by atoms with Crippen LogP contribution in [-0.4, -0.2) is 36.6 Å². The molecule has 5 heteroatoms. The molecular weight excluding hydrogens is 242 g/mol. The number of benzene rings is 1. The normalized spacial score (nSPS) is 18.9. The summed E-state index contributed by atoms with van der Waals surface area (Å²) >= 11 is 0. The van der Waals surface area contributed by atoms with Gasteiger partial charge >= 0.3 is 0 Å². The van der Waals surface area contributed by atoms with Gasteiger partial charge in [-0.25, -0.2) is 0 Å². The van der Waals surface area contributed by atoms with Crippen LogP contribution in [0.15, 0.2) is 24.3 Å². The molecule has 1 fully saturated rings. The number of morpholine rings is 1. The fourth-order valence-corrected chi connectivity index (χ4v) is 2.12. The Hall–Kier alpha value is -2.06. The summed E-state index contributed by atoms with van der Waals surface area (Å²) in [6.07, 6.45) is 0.534. The topological polar surface area (TPSA) is 79.4 Å². The van der Waals surface area contributed by atoms with Crippen LogP contribution in [0.25, 0.3) is 0 Å². The number of rotatable bonds is 3. The number of ether oxygens (including phenoxy) is 1. The highest BCUT2D eigenvalue weighted by atomic mass is 16.5. The monoisotopic (exact) mass is 259 g/mol. The number of carbonyl (C=O) groups is 1. The number of amides is 1. The molecule has 1 heterocycles. The summed E-state index contributed by atoms with van der Waals surface area (Å²) in [5.41, 5.74) is 7.54. The molecule has 1 saturated heterocycles. The Morgan fingerprint density at radius 2 is 2.32 bits per heavy atom. The van der Waals surface area contributed by atoms with Crippen LogP contribution in [0.2, 0.25) is 0 Å². The molecule has 0 saturated carbocycles. The summed E-state index contributed by atoms with van der Waals surface area (Å²) in [6.45, 7) is 1.35. The van der Waals surface area contributed by atoms with Gasteiger partial charge in [0.2, 0.25) is 5.91 Å². The van der Waals surface area contributed by atoms with E-state index in [0.29, 0.717) is 38.2 Å². The van der Waals surface area contributed by atoms with Gasteiger partial charge in [0.15, 0.2) is 6.10 Å². The highest BCUT2D eigenvalue weighted by Crippen LogP contribution is 2.14. The molecule has 0 spiro atoms. The second-order valence-corrected chi connectivity index (χ2v) is 4.53. The fourth-order valence-electron chi connectivity index (χ4n) is 2.12. The summed E-state index contributed by atoms with van der Waals surface area (Å²) in [5.74, 6) is 0.0480. The largest absolute Gasteiger partial charge is 0.399 e. The molecule has 0 aliphatic carbocycles. The van der Waals surface area contributed by atoms with Crippen molar-refractivity contribution in [1.29, 1.82) is 5.26 Å². The molecule has 2 N–H and O–H groups in total. The summed E-state index contributed by atoms with van der Waals surface area (Å²) in [6, 6.07) is 9.59. The van der Waals surface area contributed by atoms with Gasteiger partial charge in [0.25, 0.3) is 0 Å². The molecule has 1 atom stereocenters. The molecule has 1 amide bonds. The van der Waals surface area contributed by atoms with Crippen molar-refractivity contribution in [2.75, 3.05) is 25.4 Å². The van der Waals surface area contributed by atoms with Crippen molar-refractivity contribution >= 4 is 11.6 Å². The quantitative estimate of drug-likeness (QED) is 0.820. The number of hydrogen-bond donors (Lipinski definition) is 1. The number of nitrogens with two attached hydrogens (primary N) is 1. The van der Waals surface area contributed by atoms with E-state index < -0.39 is 6.10 Å². The molecule has 1 aromatic rings. The number of anilines is 1. The molecule has 0 bridgehead atoms. The second kappa shape index (κ2) is 6.21. The third-order valence-electron chi connectivity index (χ3n) is 3.23. The maximum absolute atomic E-state index is 12.1. The van der Waals surface area contributed by atoms with E-state index in [0.717, 1.165) is 5.56 Å². The van der Waals surface area contributed by atoms with E-state index in [1.54, 1.807) is 4.90 Å². The van der Waals surface area contributed by atoms with Crippen molar-refractivity contribution in [1.82, 2.24) is 4.90 Å². The van der Waals surface area contributed by atoms with Gasteiger partial charge < -0.3 is 15.4 Å². The first-order valence-electron chi connectivity index (χ1n) is 6.33. The van der Waals surface area contributed by atoms with E-state index in [2.05, 4.69) is 0 Å². The van der Waals surface area contributed by atoms with Crippen molar-refractivity contribution in [2.45, 2.75) is 18.9 Å². The van der Waals surface area contributed by atoms with Crippen molar-refractivity contribution in [3.05, 3.63) is 29.8 Å². The number of nitriles is 1. The van der Waals surface area contributed by atoms with Gasteiger partial charge in [-0.3, -0.25) is 4.79 Å². The Labute approximate surface area is 112 Å². The summed E-state index contributed by atoms with van der Waals surface area (Å²) < 4.78 is 5.21. The maximum atomic E-state index is 12.1. The average Bonchev–Trinajstić information content (AvgIpc) is 2.46. The summed E-state index contributed by atoms with van der Waals surface area (Å²) in [4.78, 5) is 13.8. The van der Waals surface area contributed by atoms with E-state index in [-0.39, 0.29) is 5.91 Å². The van der Waals surface area contributed by atoms with Gasteiger partial charge in [0.1, 0.15) is 0 Å². The van der Waals surface area contributed by atoms with Crippen LogP contribution in [0, 0.1) is 11.3 Å². The maximum Gasteiger partial charge on any atom is 0.223 e. The van der Waals surface area contributed by atoms with Crippen LogP contribution in [0.4, 0.5) is 5.69 Å². The van der Waals surface area contributed by atoms with Gasteiger partial charge in [-0.1, -0.05) is 18.2 Å². The zero-order chi connectivity index (χ0) is 13.7. The van der Waals surface area contributed by atoms with E-state index in [4.69, 9.17) is 15.7 Å². The molecule has 1 unspecified atom stereocenters. The highest BCUT2D eigenvalue weighted by Gasteiger charge is 2.23. The van der Waals surface area contributed by atoms with Crippen LogP contribution in [0.1, 0.15) is 12.0 Å². The minimum Gasteiger partial charge on any atom is -0.399 e. The molecule has 5 nitrogen and oxygen atoms in total. The van der Waals surface area contributed by atoms with E-state index in [1.807, 2.05) is 30.3 Å². The van der Waals surface area contributed by atoms with E-state index >= 15 is 0 Å². The molecule has 0 radical (unpaired) electrons. The van der Waals surface area contributed by atoms with E-state index in [9.17, 15) is 4.79 Å². The number of carbonyl (C=O) groups excluding carboxylic acids is 1. The second-order valence-electron chi connectivity index (χ2n) is 4.53. The van der Waals surface area contributed by atoms with Gasteiger partial charge in [0, 0.05) is 18.7 Å². The number of aryl methyl sites for hydroxylation is 1. The standard InChI is InChI=1S/C14H17N3O2/c15-9-12-10-17(7-8-19-12)14(18)6-5-11-3-1-2-4-13(11)16/h1-4,12H,5-8,10,16H2. The zero-order valence-corrected chi connectivity index (χ0v) is 10.7. The molecule has 0 aromatic heterocycles. The highest BCUT2D eigenvalue weighted by molar-refractivity contribution is 5.77. The lowest BCUT2D eigenvalue weighted by molar-refractivity contribution is -0.136. The van der Waals surface area contributed by atoms with Crippen molar-refractivity contribution < 1.29 is 9.53 Å². The minimum absolute atomic E-state index is 0.0480. The van der Waals surface area contributed by atoms with Gasteiger partial charge in [-0.2, -0.15) is 5.26 Å². The van der Waals surface area contributed by atoms with Crippen molar-refractivity contribution in [2.24, 2.45) is 0 Å². The number of hydrogen-bond acceptors (Lipinski definition) is 4. The first kappa shape index (κ1) is 13.4.